The summed E-state index contributed by atoms with van der Waals surface area (Å²) in [5.74, 6) is 6.52. The van der Waals surface area contributed by atoms with Crippen LogP contribution in [0.3, 0.4) is 0 Å². The van der Waals surface area contributed by atoms with Gasteiger partial charge in [0.05, 0.1) is 18.1 Å². The molecule has 0 unspecified atom stereocenters. The van der Waals surface area contributed by atoms with E-state index in [9.17, 15) is 0 Å². The largest absolute Gasteiger partial charge is 0.396 e. The van der Waals surface area contributed by atoms with Crippen LogP contribution in [0.15, 0.2) is 18.5 Å². The van der Waals surface area contributed by atoms with Gasteiger partial charge in [-0.05, 0) is 17.9 Å². The average molecular weight is 353 g/mol. The second-order valence-corrected chi connectivity index (χ2v) is 4.58. The molecule has 0 bridgehead atoms. The predicted octanol–water partition coefficient (Wildman–Crippen LogP) is 2.30. The summed E-state index contributed by atoms with van der Waals surface area (Å²) in [7, 11) is 0. The van der Waals surface area contributed by atoms with Crippen molar-refractivity contribution in [3.05, 3.63) is 24.2 Å². The van der Waals surface area contributed by atoms with Crippen molar-refractivity contribution in [2.45, 2.75) is 26.3 Å². The van der Waals surface area contributed by atoms with Gasteiger partial charge in [-0.2, -0.15) is 5.10 Å². The molecular weight excluding hydrogens is 333 g/mol. The first-order valence-corrected chi connectivity index (χ1v) is 5.92. The molecule has 21 heavy (non-hydrogen) atoms. The lowest BCUT2D eigenvalue weighted by atomic mass is 10.0. The van der Waals surface area contributed by atoms with Crippen LogP contribution in [0.4, 0.5) is 5.69 Å². The molecule has 118 valence electrons. The summed E-state index contributed by atoms with van der Waals surface area (Å²) in [6.45, 7) is 4.17. The highest BCUT2D eigenvalue weighted by Gasteiger charge is 2.06. The fourth-order valence-corrected chi connectivity index (χ4v) is 1.49. The third-order valence-electron chi connectivity index (χ3n) is 2.84. The van der Waals surface area contributed by atoms with Crippen LogP contribution in [-0.2, 0) is 0 Å². The van der Waals surface area contributed by atoms with Gasteiger partial charge in [0, 0.05) is 12.5 Å². The molecule has 0 saturated carbocycles. The standard InChI is InChI=1S/C13H17N5.3ClH/c1-9(2)11(14)5-3-4-10-8-16-13-12(15)6-7-17-18(10)13;;;/h6-9,11H,5,14-15H2,1-2H3;3*1H/t11-;;;/m1.../s1. The highest BCUT2D eigenvalue weighted by Crippen LogP contribution is 2.10. The van der Waals surface area contributed by atoms with Gasteiger partial charge >= 0.3 is 0 Å². The van der Waals surface area contributed by atoms with E-state index in [2.05, 4.69) is 35.8 Å². The maximum Gasteiger partial charge on any atom is 0.178 e. The molecule has 4 N–H and O–H groups in total. The fourth-order valence-electron chi connectivity index (χ4n) is 1.49. The number of imidazole rings is 1. The van der Waals surface area contributed by atoms with E-state index < -0.39 is 0 Å². The van der Waals surface area contributed by atoms with Crippen molar-refractivity contribution in [2.24, 2.45) is 11.7 Å². The quantitative estimate of drug-likeness (QED) is 0.813. The van der Waals surface area contributed by atoms with Crippen molar-refractivity contribution < 1.29 is 0 Å². The first-order chi connectivity index (χ1) is 8.59. The third-order valence-corrected chi connectivity index (χ3v) is 2.84. The Labute approximate surface area is 143 Å². The zero-order valence-corrected chi connectivity index (χ0v) is 14.3. The van der Waals surface area contributed by atoms with Crippen molar-refractivity contribution in [3.8, 4) is 11.8 Å². The molecule has 0 amide bonds. The zero-order chi connectivity index (χ0) is 13.1. The topological polar surface area (TPSA) is 82.2 Å². The van der Waals surface area contributed by atoms with E-state index in [-0.39, 0.29) is 43.3 Å². The minimum Gasteiger partial charge on any atom is -0.396 e. The second-order valence-electron chi connectivity index (χ2n) is 4.58. The van der Waals surface area contributed by atoms with E-state index >= 15 is 0 Å². The zero-order valence-electron chi connectivity index (χ0n) is 11.8. The summed E-state index contributed by atoms with van der Waals surface area (Å²) >= 11 is 0. The molecule has 0 aliphatic rings. The van der Waals surface area contributed by atoms with E-state index in [0.717, 1.165) is 5.69 Å². The molecule has 8 heteroatoms. The van der Waals surface area contributed by atoms with Gasteiger partial charge in [0.2, 0.25) is 0 Å². The molecule has 5 nitrogen and oxygen atoms in total. The van der Waals surface area contributed by atoms with Crippen LogP contribution in [0.1, 0.15) is 26.0 Å². The number of anilines is 1. The van der Waals surface area contributed by atoms with Crippen LogP contribution in [0.25, 0.3) is 5.65 Å². The Balaban J connectivity index is 0. The van der Waals surface area contributed by atoms with Crippen molar-refractivity contribution in [1.82, 2.24) is 14.6 Å². The number of halogens is 3. The normalized spacial score (nSPS) is 10.7. The summed E-state index contributed by atoms with van der Waals surface area (Å²) in [5, 5.41) is 4.18. The van der Waals surface area contributed by atoms with Gasteiger partial charge in [0.25, 0.3) is 0 Å². The van der Waals surface area contributed by atoms with E-state index in [4.69, 9.17) is 11.5 Å². The summed E-state index contributed by atoms with van der Waals surface area (Å²) in [5.41, 5.74) is 13.7. The van der Waals surface area contributed by atoms with E-state index in [1.807, 2.05) is 0 Å². The van der Waals surface area contributed by atoms with Crippen molar-refractivity contribution in [1.29, 1.82) is 0 Å². The van der Waals surface area contributed by atoms with Crippen LogP contribution in [0, 0.1) is 17.8 Å². The molecule has 0 aliphatic heterocycles. The summed E-state index contributed by atoms with van der Waals surface area (Å²) < 4.78 is 1.64. The number of rotatable bonds is 2. The van der Waals surface area contributed by atoms with Crippen LogP contribution in [0.5, 0.6) is 0 Å². The van der Waals surface area contributed by atoms with Gasteiger partial charge in [0.15, 0.2) is 5.65 Å². The maximum atomic E-state index is 5.93. The highest BCUT2D eigenvalue weighted by molar-refractivity contribution is 5.86. The van der Waals surface area contributed by atoms with Crippen LogP contribution < -0.4 is 11.5 Å². The van der Waals surface area contributed by atoms with E-state index in [1.165, 1.54) is 0 Å². The third kappa shape index (κ3) is 5.25. The maximum absolute atomic E-state index is 5.93. The molecule has 0 fully saturated rings. The smallest absolute Gasteiger partial charge is 0.178 e. The van der Waals surface area contributed by atoms with Crippen LogP contribution in [0.2, 0.25) is 0 Å². The minimum absolute atomic E-state index is 0. The van der Waals surface area contributed by atoms with E-state index in [1.54, 1.807) is 23.0 Å². The summed E-state index contributed by atoms with van der Waals surface area (Å²) in [6.07, 6.45) is 3.97. The van der Waals surface area contributed by atoms with Crippen LogP contribution >= 0.6 is 37.2 Å². The first-order valence-electron chi connectivity index (χ1n) is 5.92. The number of aromatic nitrogens is 3. The second kappa shape index (κ2) is 9.69. The molecule has 2 heterocycles. The molecule has 2 aromatic heterocycles. The SMILES string of the molecule is CC(C)[C@H](N)CC#Cc1cnc2c(N)ccnn12.Cl.Cl.Cl. The predicted molar refractivity (Wildman–Crippen MR) is 93.5 cm³/mol. The summed E-state index contributed by atoms with van der Waals surface area (Å²) in [6, 6.07) is 1.81. The number of nitrogens with zero attached hydrogens (tertiary/aromatic N) is 3. The molecule has 0 aliphatic carbocycles. The van der Waals surface area contributed by atoms with E-state index in [0.29, 0.717) is 23.7 Å². The molecule has 0 radical (unpaired) electrons. The molecule has 0 spiro atoms. The molecule has 2 rings (SSSR count). The minimum atomic E-state index is 0. The average Bonchev–Trinajstić information content (AvgIpc) is 2.74. The van der Waals surface area contributed by atoms with Gasteiger partial charge in [-0.3, -0.25) is 0 Å². The molecule has 2 aromatic rings. The lowest BCUT2D eigenvalue weighted by molar-refractivity contribution is 0.502. The molecular formula is C13H20Cl3N5. The number of nitrogen functional groups attached to an aromatic ring is 1. The Bertz CT molecular complexity index is 615. The van der Waals surface area contributed by atoms with Gasteiger partial charge < -0.3 is 11.5 Å². The Morgan fingerprint density at radius 1 is 1.29 bits per heavy atom. The first kappa shape index (κ1) is 22.1. The number of hydrogen-bond acceptors (Lipinski definition) is 4. The van der Waals surface area contributed by atoms with Crippen LogP contribution in [-0.4, -0.2) is 20.6 Å². The number of hydrogen-bond donors (Lipinski definition) is 2. The van der Waals surface area contributed by atoms with Crippen molar-refractivity contribution >= 4 is 48.6 Å². The molecule has 0 saturated heterocycles. The number of nitrogens with two attached hydrogens (primary N) is 2. The number of fused-ring (bicyclic) bond motifs is 1. The monoisotopic (exact) mass is 351 g/mol. The lowest BCUT2D eigenvalue weighted by Gasteiger charge is -2.10. The van der Waals surface area contributed by atoms with Crippen molar-refractivity contribution in [3.63, 3.8) is 0 Å². The Morgan fingerprint density at radius 2 is 1.95 bits per heavy atom. The van der Waals surface area contributed by atoms with Gasteiger partial charge in [0.1, 0.15) is 5.69 Å². The summed E-state index contributed by atoms with van der Waals surface area (Å²) in [4.78, 5) is 4.19. The van der Waals surface area contributed by atoms with Gasteiger partial charge in [-0.1, -0.05) is 19.8 Å². The Kier molecular flexibility index (Phi) is 10.2. The fraction of sp³-hybridized carbons (Fsp3) is 0.385. The lowest BCUT2D eigenvalue weighted by Crippen LogP contribution is -2.25. The van der Waals surface area contributed by atoms with Crippen molar-refractivity contribution in [2.75, 3.05) is 5.73 Å². The highest BCUT2D eigenvalue weighted by atomic mass is 35.5. The van der Waals surface area contributed by atoms with Gasteiger partial charge in [-0.25, -0.2) is 9.50 Å². The molecule has 1 atom stereocenters. The Morgan fingerprint density at radius 3 is 2.57 bits per heavy atom. The molecule has 0 aromatic carbocycles. The van der Waals surface area contributed by atoms with Gasteiger partial charge in [-0.15, -0.1) is 37.2 Å². The Hall–Kier alpha value is -1.19.